The van der Waals surface area contributed by atoms with E-state index in [-0.39, 0.29) is 18.0 Å². The Balaban J connectivity index is 1.58. The minimum atomic E-state index is -0.319. The number of nitrogens with one attached hydrogen (secondary N) is 1. The van der Waals surface area contributed by atoms with Crippen molar-refractivity contribution in [1.29, 1.82) is 0 Å². The van der Waals surface area contributed by atoms with Gasteiger partial charge in [-0.25, -0.2) is 4.98 Å². The number of nitrogens with zero attached hydrogens (tertiary/aromatic N) is 2. The number of anilines is 1. The summed E-state index contributed by atoms with van der Waals surface area (Å²) in [6.45, 7) is -0.105. The number of methoxy groups -OCH3 is 2. The molecule has 2 heterocycles. The molecule has 1 aromatic carbocycles. The van der Waals surface area contributed by atoms with Crippen molar-refractivity contribution in [1.82, 2.24) is 9.55 Å². The molecule has 0 saturated carbocycles. The molecule has 0 spiro atoms. The fourth-order valence-electron chi connectivity index (χ4n) is 3.37. The van der Waals surface area contributed by atoms with Gasteiger partial charge in [-0.05, 0) is 24.8 Å². The summed E-state index contributed by atoms with van der Waals surface area (Å²) in [7, 11) is 3.08. The molecule has 0 bridgehead atoms. The van der Waals surface area contributed by atoms with Crippen molar-refractivity contribution < 1.29 is 14.3 Å². The third-order valence-electron chi connectivity index (χ3n) is 4.64. The zero-order valence-electron chi connectivity index (χ0n) is 15.1. The molecule has 4 rings (SSSR count). The molecule has 27 heavy (non-hydrogen) atoms. The van der Waals surface area contributed by atoms with Gasteiger partial charge in [0, 0.05) is 28.8 Å². The zero-order valence-corrected chi connectivity index (χ0v) is 15.9. The maximum Gasteiger partial charge on any atom is 0.262 e. The number of hydrogen-bond donors (Lipinski definition) is 1. The lowest BCUT2D eigenvalue weighted by atomic mass is 10.2. The normalized spacial score (nSPS) is 12.8. The van der Waals surface area contributed by atoms with Crippen LogP contribution >= 0.6 is 11.3 Å². The number of rotatable bonds is 5. The van der Waals surface area contributed by atoms with E-state index in [2.05, 4.69) is 10.3 Å². The van der Waals surface area contributed by atoms with E-state index in [9.17, 15) is 9.59 Å². The van der Waals surface area contributed by atoms with Gasteiger partial charge >= 0.3 is 0 Å². The zero-order chi connectivity index (χ0) is 19.0. The number of ether oxygens (including phenoxy) is 2. The van der Waals surface area contributed by atoms with E-state index < -0.39 is 0 Å². The molecule has 1 aliphatic carbocycles. The number of benzene rings is 1. The van der Waals surface area contributed by atoms with E-state index in [1.54, 1.807) is 43.8 Å². The first-order valence-corrected chi connectivity index (χ1v) is 9.43. The molecule has 3 aromatic rings. The van der Waals surface area contributed by atoms with Crippen molar-refractivity contribution in [2.75, 3.05) is 19.5 Å². The second-order valence-corrected chi connectivity index (χ2v) is 7.45. The molecule has 2 aromatic heterocycles. The lowest BCUT2D eigenvalue weighted by Crippen LogP contribution is -2.28. The lowest BCUT2D eigenvalue weighted by Gasteiger charge is -2.10. The van der Waals surface area contributed by atoms with Crippen LogP contribution in [-0.4, -0.2) is 29.7 Å². The Morgan fingerprint density at radius 2 is 1.96 bits per heavy atom. The molecular weight excluding hydrogens is 366 g/mol. The predicted molar refractivity (Wildman–Crippen MR) is 104 cm³/mol. The summed E-state index contributed by atoms with van der Waals surface area (Å²) in [6, 6.07) is 5.10. The number of hydrogen-bond acceptors (Lipinski definition) is 6. The highest BCUT2D eigenvalue weighted by molar-refractivity contribution is 7.18. The lowest BCUT2D eigenvalue weighted by molar-refractivity contribution is -0.116. The summed E-state index contributed by atoms with van der Waals surface area (Å²) in [4.78, 5) is 31.7. The maximum absolute atomic E-state index is 12.8. The van der Waals surface area contributed by atoms with Gasteiger partial charge < -0.3 is 14.8 Å². The second-order valence-electron chi connectivity index (χ2n) is 6.36. The van der Waals surface area contributed by atoms with Gasteiger partial charge in [0.15, 0.2) is 0 Å². The van der Waals surface area contributed by atoms with Gasteiger partial charge in [-0.15, -0.1) is 11.3 Å². The van der Waals surface area contributed by atoms with Crippen LogP contribution in [0, 0.1) is 0 Å². The predicted octanol–water partition coefficient (Wildman–Crippen LogP) is 2.60. The molecular formula is C19H19N3O4S. The third kappa shape index (κ3) is 3.28. The number of amides is 1. The minimum absolute atomic E-state index is 0.105. The molecule has 0 atom stereocenters. The van der Waals surface area contributed by atoms with Crippen molar-refractivity contribution in [2.45, 2.75) is 25.8 Å². The summed E-state index contributed by atoms with van der Waals surface area (Å²) in [5, 5.41) is 3.45. The Morgan fingerprint density at radius 3 is 2.67 bits per heavy atom. The highest BCUT2D eigenvalue weighted by atomic mass is 32.1. The minimum Gasteiger partial charge on any atom is -0.497 e. The smallest absolute Gasteiger partial charge is 0.262 e. The molecule has 1 N–H and O–H groups in total. The van der Waals surface area contributed by atoms with E-state index in [1.807, 2.05) is 0 Å². The number of thiophene rings is 1. The molecule has 0 aliphatic heterocycles. The van der Waals surface area contributed by atoms with Gasteiger partial charge in [0.2, 0.25) is 5.91 Å². The largest absolute Gasteiger partial charge is 0.497 e. The average molecular weight is 385 g/mol. The van der Waals surface area contributed by atoms with Gasteiger partial charge in [0.25, 0.3) is 5.56 Å². The summed E-state index contributed by atoms with van der Waals surface area (Å²) in [5.74, 6) is 0.818. The molecule has 8 heteroatoms. The molecule has 140 valence electrons. The quantitative estimate of drug-likeness (QED) is 0.730. The number of fused-ring (bicyclic) bond motifs is 3. The van der Waals surface area contributed by atoms with Crippen LogP contribution in [0.3, 0.4) is 0 Å². The monoisotopic (exact) mass is 385 g/mol. The van der Waals surface area contributed by atoms with E-state index in [1.165, 1.54) is 15.8 Å². The van der Waals surface area contributed by atoms with Crippen molar-refractivity contribution in [2.24, 2.45) is 0 Å². The first kappa shape index (κ1) is 17.5. The van der Waals surface area contributed by atoms with Crippen molar-refractivity contribution in [3.05, 3.63) is 45.3 Å². The van der Waals surface area contributed by atoms with E-state index in [0.29, 0.717) is 22.6 Å². The number of carbonyl (C=O) groups excluding carboxylic acids is 1. The van der Waals surface area contributed by atoms with Crippen LogP contribution in [0.5, 0.6) is 11.5 Å². The first-order chi connectivity index (χ1) is 13.1. The fourth-order valence-corrected chi connectivity index (χ4v) is 4.59. The van der Waals surface area contributed by atoms with Gasteiger partial charge in [0.1, 0.15) is 22.9 Å². The van der Waals surface area contributed by atoms with Crippen LogP contribution in [0.1, 0.15) is 16.9 Å². The van der Waals surface area contributed by atoms with Gasteiger partial charge in [-0.2, -0.15) is 0 Å². The number of carbonyl (C=O) groups is 1. The van der Waals surface area contributed by atoms with Crippen LogP contribution in [0.25, 0.3) is 10.2 Å². The Kier molecular flexibility index (Phi) is 4.57. The topological polar surface area (TPSA) is 82.5 Å². The van der Waals surface area contributed by atoms with Crippen LogP contribution < -0.4 is 20.3 Å². The van der Waals surface area contributed by atoms with Crippen molar-refractivity contribution >= 4 is 33.1 Å². The van der Waals surface area contributed by atoms with Gasteiger partial charge in [-0.3, -0.25) is 14.2 Å². The molecule has 7 nitrogen and oxygen atoms in total. The average Bonchev–Trinajstić information content (AvgIpc) is 3.24. The summed E-state index contributed by atoms with van der Waals surface area (Å²) >= 11 is 1.59. The second kappa shape index (κ2) is 7.03. The van der Waals surface area contributed by atoms with E-state index >= 15 is 0 Å². The Bertz CT molecular complexity index is 1060. The van der Waals surface area contributed by atoms with Crippen molar-refractivity contribution in [3.63, 3.8) is 0 Å². The van der Waals surface area contributed by atoms with Crippen LogP contribution in [0.15, 0.2) is 29.3 Å². The molecule has 0 fully saturated rings. The molecule has 0 radical (unpaired) electrons. The fraction of sp³-hybridized carbons (Fsp3) is 0.316. The third-order valence-corrected chi connectivity index (χ3v) is 5.84. The number of aryl methyl sites for hydroxylation is 2. The SMILES string of the molecule is COc1cc(NC(=O)Cn2cnc3sc4c(c3c2=O)CCC4)cc(OC)c1. The Morgan fingerprint density at radius 1 is 1.22 bits per heavy atom. The number of aromatic nitrogens is 2. The van der Waals surface area contributed by atoms with Crippen LogP contribution in [-0.2, 0) is 24.2 Å². The standard InChI is InChI=1S/C19H19N3O4S/c1-25-12-6-11(7-13(8-12)26-2)21-16(23)9-22-10-20-18-17(19(22)24)14-4-3-5-15(14)27-18/h6-8,10H,3-5,9H2,1-2H3,(H,21,23). The Hall–Kier alpha value is -2.87. The molecule has 1 amide bonds. The van der Waals surface area contributed by atoms with Crippen molar-refractivity contribution in [3.8, 4) is 11.5 Å². The molecule has 0 saturated heterocycles. The van der Waals surface area contributed by atoms with Crippen LogP contribution in [0.2, 0.25) is 0 Å². The van der Waals surface area contributed by atoms with Gasteiger partial charge in [-0.1, -0.05) is 0 Å². The molecule has 0 unspecified atom stereocenters. The molecule has 1 aliphatic rings. The summed E-state index contributed by atoms with van der Waals surface area (Å²) in [5.41, 5.74) is 1.49. The maximum atomic E-state index is 12.8. The van der Waals surface area contributed by atoms with Crippen LogP contribution in [0.4, 0.5) is 5.69 Å². The summed E-state index contributed by atoms with van der Waals surface area (Å²) in [6.07, 6.45) is 4.44. The van der Waals surface area contributed by atoms with E-state index in [0.717, 1.165) is 29.7 Å². The van der Waals surface area contributed by atoms with Gasteiger partial charge in [0.05, 0.1) is 25.9 Å². The summed E-state index contributed by atoms with van der Waals surface area (Å²) < 4.78 is 11.8. The Labute approximate surface area is 159 Å². The highest BCUT2D eigenvalue weighted by Crippen LogP contribution is 2.34. The van der Waals surface area contributed by atoms with E-state index in [4.69, 9.17) is 9.47 Å². The first-order valence-electron chi connectivity index (χ1n) is 8.61. The highest BCUT2D eigenvalue weighted by Gasteiger charge is 2.21.